The average molecular weight is 263 g/mol. The first-order valence-electron chi connectivity index (χ1n) is 5.83. The molecule has 0 aliphatic carbocycles. The van der Waals surface area contributed by atoms with Crippen molar-refractivity contribution in [2.75, 3.05) is 6.54 Å². The van der Waals surface area contributed by atoms with Crippen LogP contribution in [0.3, 0.4) is 0 Å². The molecule has 1 N–H and O–H groups in total. The van der Waals surface area contributed by atoms with E-state index in [-0.39, 0.29) is 11.2 Å². The minimum Gasteiger partial charge on any atom is -0.355 e. The van der Waals surface area contributed by atoms with Crippen LogP contribution in [0.4, 0.5) is 0 Å². The molecule has 0 bridgehead atoms. The average Bonchev–Trinajstić information content (AvgIpc) is 2.36. The Kier molecular flexibility index (Phi) is 5.66. The second kappa shape index (κ2) is 7.02. The molecule has 1 rings (SSSR count). The lowest BCUT2D eigenvalue weighted by Gasteiger charge is -2.12. The highest BCUT2D eigenvalue weighted by molar-refractivity contribution is 8.00. The van der Waals surface area contributed by atoms with E-state index in [9.17, 15) is 4.79 Å². The van der Waals surface area contributed by atoms with Crippen molar-refractivity contribution in [3.63, 3.8) is 0 Å². The van der Waals surface area contributed by atoms with Gasteiger partial charge in [0.15, 0.2) is 0 Å². The molecule has 1 amide bonds. The van der Waals surface area contributed by atoms with E-state index in [2.05, 4.69) is 30.2 Å². The Morgan fingerprint density at radius 3 is 2.89 bits per heavy atom. The number of hydrogen-bond acceptors (Lipinski definition) is 4. The molecule has 0 aliphatic heterocycles. The molecule has 0 saturated carbocycles. The number of aromatic nitrogens is 1. The number of amides is 1. The fourth-order valence-corrected chi connectivity index (χ4v) is 2.10. The van der Waals surface area contributed by atoms with Crippen molar-refractivity contribution in [1.29, 1.82) is 5.26 Å². The third-order valence-electron chi connectivity index (χ3n) is 2.22. The highest BCUT2D eigenvalue weighted by Crippen LogP contribution is 2.21. The molecule has 0 fully saturated rings. The molecule has 18 heavy (non-hydrogen) atoms. The molecule has 1 heterocycles. The molecule has 0 aromatic carbocycles. The predicted octanol–water partition coefficient (Wildman–Crippen LogP) is 2.21. The Morgan fingerprint density at radius 1 is 1.56 bits per heavy atom. The van der Waals surface area contributed by atoms with Gasteiger partial charge in [-0.05, 0) is 25.0 Å². The molecule has 96 valence electrons. The third-order valence-corrected chi connectivity index (χ3v) is 3.25. The highest BCUT2D eigenvalue weighted by Gasteiger charge is 2.15. The number of hydrogen-bond donors (Lipinski definition) is 1. The van der Waals surface area contributed by atoms with Gasteiger partial charge in [-0.3, -0.25) is 4.79 Å². The summed E-state index contributed by atoms with van der Waals surface area (Å²) >= 11 is 1.36. The molecular formula is C13H17N3OS. The van der Waals surface area contributed by atoms with Gasteiger partial charge >= 0.3 is 0 Å². The number of carbonyl (C=O) groups is 1. The number of carbonyl (C=O) groups excluding carboxylic acids is 1. The number of nitrogens with one attached hydrogen (secondary N) is 1. The van der Waals surface area contributed by atoms with Crippen LogP contribution in [0, 0.1) is 17.2 Å². The van der Waals surface area contributed by atoms with E-state index in [1.54, 1.807) is 18.3 Å². The van der Waals surface area contributed by atoms with Crippen molar-refractivity contribution >= 4 is 17.7 Å². The van der Waals surface area contributed by atoms with Crippen LogP contribution >= 0.6 is 11.8 Å². The lowest BCUT2D eigenvalue weighted by Crippen LogP contribution is -2.33. The molecular weight excluding hydrogens is 246 g/mol. The summed E-state index contributed by atoms with van der Waals surface area (Å²) in [5.74, 6) is 0.434. The van der Waals surface area contributed by atoms with Crippen LogP contribution in [0.1, 0.15) is 26.3 Å². The second-order valence-corrected chi connectivity index (χ2v) is 5.75. The van der Waals surface area contributed by atoms with Crippen LogP contribution in [0.15, 0.2) is 23.4 Å². The molecule has 5 heteroatoms. The Balaban J connectivity index is 2.55. The number of pyridine rings is 1. The topological polar surface area (TPSA) is 65.8 Å². The number of rotatable bonds is 5. The maximum atomic E-state index is 11.8. The van der Waals surface area contributed by atoms with Crippen LogP contribution < -0.4 is 5.32 Å². The van der Waals surface area contributed by atoms with E-state index < -0.39 is 0 Å². The maximum Gasteiger partial charge on any atom is 0.233 e. The van der Waals surface area contributed by atoms with Gasteiger partial charge in [-0.25, -0.2) is 4.98 Å². The van der Waals surface area contributed by atoms with Gasteiger partial charge in [0, 0.05) is 12.7 Å². The van der Waals surface area contributed by atoms with E-state index in [0.717, 1.165) is 0 Å². The summed E-state index contributed by atoms with van der Waals surface area (Å²) in [6, 6.07) is 5.39. The van der Waals surface area contributed by atoms with Gasteiger partial charge in [0.2, 0.25) is 5.91 Å². The first-order valence-corrected chi connectivity index (χ1v) is 6.71. The van der Waals surface area contributed by atoms with Crippen LogP contribution in [0.25, 0.3) is 0 Å². The predicted molar refractivity (Wildman–Crippen MR) is 72.1 cm³/mol. The Hall–Kier alpha value is -1.54. The van der Waals surface area contributed by atoms with Crippen molar-refractivity contribution in [2.24, 2.45) is 5.92 Å². The minimum atomic E-state index is -0.217. The van der Waals surface area contributed by atoms with E-state index >= 15 is 0 Å². The van der Waals surface area contributed by atoms with Gasteiger partial charge < -0.3 is 5.32 Å². The fourth-order valence-electron chi connectivity index (χ4n) is 1.23. The first kappa shape index (κ1) is 14.5. The fraction of sp³-hybridized carbons (Fsp3) is 0.462. The van der Waals surface area contributed by atoms with Crippen molar-refractivity contribution in [2.45, 2.75) is 31.0 Å². The molecule has 0 radical (unpaired) electrons. The zero-order valence-electron chi connectivity index (χ0n) is 10.8. The molecule has 1 aromatic rings. The quantitative estimate of drug-likeness (QED) is 0.827. The smallest absolute Gasteiger partial charge is 0.233 e. The van der Waals surface area contributed by atoms with E-state index in [4.69, 9.17) is 5.26 Å². The Bertz CT molecular complexity index is 454. The molecule has 0 aliphatic rings. The summed E-state index contributed by atoms with van der Waals surface area (Å²) in [6.07, 6.45) is 1.58. The van der Waals surface area contributed by atoms with Gasteiger partial charge in [0.1, 0.15) is 0 Å². The molecule has 1 aromatic heterocycles. The summed E-state index contributed by atoms with van der Waals surface area (Å²) in [4.78, 5) is 15.9. The molecule has 0 spiro atoms. The number of thioether (sulfide) groups is 1. The van der Waals surface area contributed by atoms with E-state index in [1.165, 1.54) is 11.8 Å². The summed E-state index contributed by atoms with van der Waals surface area (Å²) in [5, 5.41) is 12.1. The van der Waals surface area contributed by atoms with Gasteiger partial charge in [-0.2, -0.15) is 5.26 Å². The third kappa shape index (κ3) is 4.76. The normalized spacial score (nSPS) is 11.9. The van der Waals surface area contributed by atoms with Crippen molar-refractivity contribution in [1.82, 2.24) is 10.3 Å². The highest BCUT2D eigenvalue weighted by atomic mass is 32.2. The second-order valence-electron chi connectivity index (χ2n) is 4.39. The van der Waals surface area contributed by atoms with E-state index in [1.807, 2.05) is 6.92 Å². The van der Waals surface area contributed by atoms with Gasteiger partial charge in [0.25, 0.3) is 0 Å². The van der Waals surface area contributed by atoms with Gasteiger partial charge in [0.05, 0.1) is 21.9 Å². The van der Waals surface area contributed by atoms with Crippen molar-refractivity contribution in [3.8, 4) is 6.07 Å². The van der Waals surface area contributed by atoms with Gasteiger partial charge in [-0.15, -0.1) is 0 Å². The summed E-state index contributed by atoms with van der Waals surface area (Å²) in [7, 11) is 0. The number of nitrogens with zero attached hydrogens (tertiary/aromatic N) is 2. The molecule has 0 saturated heterocycles. The first-order chi connectivity index (χ1) is 8.52. The Labute approximate surface area is 112 Å². The lowest BCUT2D eigenvalue weighted by molar-refractivity contribution is -0.120. The minimum absolute atomic E-state index is 0.00198. The molecule has 1 unspecified atom stereocenters. The monoisotopic (exact) mass is 263 g/mol. The van der Waals surface area contributed by atoms with Crippen LogP contribution in [0.5, 0.6) is 0 Å². The standard InChI is InChI=1S/C13H17N3OS/c1-9(2)8-16-13(17)10(3)18-12-6-11(7-14)4-5-15-12/h4-6,9-10H,8H2,1-3H3,(H,16,17). The van der Waals surface area contributed by atoms with Crippen LogP contribution in [-0.2, 0) is 4.79 Å². The summed E-state index contributed by atoms with van der Waals surface area (Å²) in [6.45, 7) is 6.61. The zero-order chi connectivity index (χ0) is 13.5. The number of nitriles is 1. The van der Waals surface area contributed by atoms with Crippen LogP contribution in [-0.4, -0.2) is 22.7 Å². The molecule has 1 atom stereocenters. The zero-order valence-corrected chi connectivity index (χ0v) is 11.6. The Morgan fingerprint density at radius 2 is 2.28 bits per heavy atom. The van der Waals surface area contributed by atoms with Gasteiger partial charge in [-0.1, -0.05) is 25.6 Å². The summed E-state index contributed by atoms with van der Waals surface area (Å²) < 4.78 is 0. The van der Waals surface area contributed by atoms with Crippen molar-refractivity contribution < 1.29 is 4.79 Å². The van der Waals surface area contributed by atoms with Crippen LogP contribution in [0.2, 0.25) is 0 Å². The summed E-state index contributed by atoms with van der Waals surface area (Å²) in [5.41, 5.74) is 0.558. The SMILES string of the molecule is CC(C)CNC(=O)C(C)Sc1cc(C#N)ccn1. The van der Waals surface area contributed by atoms with Crippen molar-refractivity contribution in [3.05, 3.63) is 23.9 Å². The largest absolute Gasteiger partial charge is 0.355 e. The molecule has 4 nitrogen and oxygen atoms in total. The maximum absolute atomic E-state index is 11.8. The lowest BCUT2D eigenvalue weighted by atomic mass is 10.2. The van der Waals surface area contributed by atoms with E-state index in [0.29, 0.717) is 23.1 Å².